The van der Waals surface area contributed by atoms with Crippen molar-refractivity contribution in [1.82, 2.24) is 9.88 Å². The Labute approximate surface area is 142 Å². The SMILES string of the molecule is CN(CCc1cccnc1)C1c2ccccc2Oc2ccccc21. The van der Waals surface area contributed by atoms with E-state index < -0.39 is 0 Å². The Morgan fingerprint density at radius 3 is 2.21 bits per heavy atom. The number of pyridine rings is 1. The van der Waals surface area contributed by atoms with Gasteiger partial charge in [-0.3, -0.25) is 9.88 Å². The molecule has 1 aliphatic rings. The summed E-state index contributed by atoms with van der Waals surface area (Å²) in [7, 11) is 2.18. The molecule has 1 aromatic heterocycles. The molecule has 0 spiro atoms. The predicted molar refractivity (Wildman–Crippen MR) is 95.4 cm³/mol. The molecule has 4 rings (SSSR count). The van der Waals surface area contributed by atoms with E-state index in [1.165, 1.54) is 16.7 Å². The average Bonchev–Trinajstić information content (AvgIpc) is 2.65. The molecule has 1 aliphatic heterocycles. The van der Waals surface area contributed by atoms with Crippen LogP contribution in [-0.4, -0.2) is 23.5 Å². The molecule has 3 heteroatoms. The molecule has 2 aromatic carbocycles. The minimum atomic E-state index is 0.211. The third-order valence-electron chi connectivity index (χ3n) is 4.56. The Morgan fingerprint density at radius 2 is 1.58 bits per heavy atom. The van der Waals surface area contributed by atoms with Crippen LogP contribution in [0.2, 0.25) is 0 Å². The first-order chi connectivity index (χ1) is 11.8. The number of rotatable bonds is 4. The van der Waals surface area contributed by atoms with Gasteiger partial charge in [0.25, 0.3) is 0 Å². The third-order valence-corrected chi connectivity index (χ3v) is 4.56. The van der Waals surface area contributed by atoms with E-state index >= 15 is 0 Å². The van der Waals surface area contributed by atoms with Gasteiger partial charge in [-0.25, -0.2) is 0 Å². The maximum atomic E-state index is 6.08. The van der Waals surface area contributed by atoms with Crippen LogP contribution in [0.1, 0.15) is 22.7 Å². The van der Waals surface area contributed by atoms with E-state index in [2.05, 4.69) is 47.3 Å². The normalized spacial score (nSPS) is 13.2. The quantitative estimate of drug-likeness (QED) is 0.711. The molecule has 0 atom stereocenters. The van der Waals surface area contributed by atoms with E-state index in [0.717, 1.165) is 24.5 Å². The van der Waals surface area contributed by atoms with Crippen LogP contribution in [0.5, 0.6) is 11.5 Å². The first-order valence-corrected chi connectivity index (χ1v) is 8.28. The number of para-hydroxylation sites is 2. The fourth-order valence-corrected chi connectivity index (χ4v) is 3.34. The molecule has 0 amide bonds. The molecule has 0 unspecified atom stereocenters. The molecular formula is C21H20N2O. The van der Waals surface area contributed by atoms with Gasteiger partial charge in [-0.05, 0) is 37.2 Å². The largest absolute Gasteiger partial charge is 0.457 e. The standard InChI is InChI=1S/C21H20N2O/c1-23(14-12-16-7-6-13-22-15-16)21-17-8-2-4-10-19(17)24-20-11-5-3-9-18(20)21/h2-11,13,15,21H,12,14H2,1H3. The van der Waals surface area contributed by atoms with E-state index in [0.29, 0.717) is 0 Å². The van der Waals surface area contributed by atoms with Crippen molar-refractivity contribution in [3.63, 3.8) is 0 Å². The molecule has 0 radical (unpaired) electrons. The van der Waals surface area contributed by atoms with Crippen LogP contribution in [0.15, 0.2) is 73.1 Å². The van der Waals surface area contributed by atoms with Crippen LogP contribution in [0.4, 0.5) is 0 Å². The van der Waals surface area contributed by atoms with E-state index in [1.54, 1.807) is 0 Å². The number of likely N-dealkylation sites (N-methyl/N-ethyl adjacent to an activating group) is 1. The maximum absolute atomic E-state index is 6.08. The zero-order valence-corrected chi connectivity index (χ0v) is 13.7. The highest BCUT2D eigenvalue weighted by Gasteiger charge is 2.29. The lowest BCUT2D eigenvalue weighted by Gasteiger charge is -2.34. The highest BCUT2D eigenvalue weighted by Crippen LogP contribution is 2.44. The second-order valence-corrected chi connectivity index (χ2v) is 6.17. The second-order valence-electron chi connectivity index (χ2n) is 6.17. The van der Waals surface area contributed by atoms with Crippen molar-refractivity contribution in [1.29, 1.82) is 0 Å². The van der Waals surface area contributed by atoms with Gasteiger partial charge in [0.1, 0.15) is 11.5 Å². The van der Waals surface area contributed by atoms with Gasteiger partial charge in [-0.2, -0.15) is 0 Å². The highest BCUT2D eigenvalue weighted by atomic mass is 16.5. The summed E-state index contributed by atoms with van der Waals surface area (Å²) < 4.78 is 6.08. The first-order valence-electron chi connectivity index (χ1n) is 8.28. The average molecular weight is 316 g/mol. The Morgan fingerprint density at radius 1 is 0.917 bits per heavy atom. The topological polar surface area (TPSA) is 25.4 Å². The van der Waals surface area contributed by atoms with E-state index in [1.807, 2.05) is 42.7 Å². The Hall–Kier alpha value is -2.65. The van der Waals surface area contributed by atoms with Gasteiger partial charge in [-0.1, -0.05) is 42.5 Å². The van der Waals surface area contributed by atoms with Crippen molar-refractivity contribution in [2.45, 2.75) is 12.5 Å². The summed E-state index contributed by atoms with van der Waals surface area (Å²) in [6.45, 7) is 0.957. The molecule has 0 bridgehead atoms. The van der Waals surface area contributed by atoms with E-state index in [4.69, 9.17) is 4.74 Å². The number of nitrogens with zero attached hydrogens (tertiary/aromatic N) is 2. The minimum Gasteiger partial charge on any atom is -0.457 e. The van der Waals surface area contributed by atoms with E-state index in [9.17, 15) is 0 Å². The summed E-state index contributed by atoms with van der Waals surface area (Å²) >= 11 is 0. The molecule has 3 aromatic rings. The molecule has 120 valence electrons. The van der Waals surface area contributed by atoms with Gasteiger partial charge in [0.2, 0.25) is 0 Å². The van der Waals surface area contributed by atoms with Gasteiger partial charge in [0.15, 0.2) is 0 Å². The Kier molecular flexibility index (Phi) is 4.01. The van der Waals surface area contributed by atoms with Crippen LogP contribution in [-0.2, 0) is 6.42 Å². The lowest BCUT2D eigenvalue weighted by Crippen LogP contribution is -2.29. The third kappa shape index (κ3) is 2.79. The number of aromatic nitrogens is 1. The predicted octanol–water partition coefficient (Wildman–Crippen LogP) is 4.45. The van der Waals surface area contributed by atoms with Crippen LogP contribution in [0, 0.1) is 0 Å². The molecule has 0 N–H and O–H groups in total. The smallest absolute Gasteiger partial charge is 0.132 e. The Balaban J connectivity index is 1.64. The molecule has 0 saturated heterocycles. The lowest BCUT2D eigenvalue weighted by molar-refractivity contribution is 0.262. The summed E-state index contributed by atoms with van der Waals surface area (Å²) in [5, 5.41) is 0. The highest BCUT2D eigenvalue weighted by molar-refractivity contribution is 5.52. The molecule has 2 heterocycles. The van der Waals surface area contributed by atoms with Crippen molar-refractivity contribution >= 4 is 0 Å². The van der Waals surface area contributed by atoms with Crippen molar-refractivity contribution in [3.8, 4) is 11.5 Å². The minimum absolute atomic E-state index is 0.211. The van der Waals surface area contributed by atoms with Gasteiger partial charge >= 0.3 is 0 Å². The van der Waals surface area contributed by atoms with Gasteiger partial charge in [-0.15, -0.1) is 0 Å². The van der Waals surface area contributed by atoms with Crippen LogP contribution in [0.25, 0.3) is 0 Å². The summed E-state index contributed by atoms with van der Waals surface area (Å²) in [5.74, 6) is 1.91. The monoisotopic (exact) mass is 316 g/mol. The number of ether oxygens (including phenoxy) is 1. The maximum Gasteiger partial charge on any atom is 0.132 e. The van der Waals surface area contributed by atoms with Crippen molar-refractivity contribution < 1.29 is 4.74 Å². The summed E-state index contributed by atoms with van der Waals surface area (Å²) in [5.41, 5.74) is 3.72. The molecule has 3 nitrogen and oxygen atoms in total. The summed E-state index contributed by atoms with van der Waals surface area (Å²) in [6, 6.07) is 21.0. The molecule has 0 fully saturated rings. The molecule has 0 aliphatic carbocycles. The van der Waals surface area contributed by atoms with Crippen LogP contribution >= 0.6 is 0 Å². The van der Waals surface area contributed by atoms with Gasteiger partial charge in [0.05, 0.1) is 6.04 Å². The summed E-state index contributed by atoms with van der Waals surface area (Å²) in [6.07, 6.45) is 4.74. The zero-order valence-electron chi connectivity index (χ0n) is 13.7. The molecule has 24 heavy (non-hydrogen) atoms. The number of hydrogen-bond donors (Lipinski definition) is 0. The van der Waals surface area contributed by atoms with E-state index in [-0.39, 0.29) is 6.04 Å². The van der Waals surface area contributed by atoms with Crippen molar-refractivity contribution in [2.24, 2.45) is 0 Å². The second kappa shape index (κ2) is 6.46. The van der Waals surface area contributed by atoms with Crippen molar-refractivity contribution in [3.05, 3.63) is 89.7 Å². The van der Waals surface area contributed by atoms with Crippen molar-refractivity contribution in [2.75, 3.05) is 13.6 Å². The Bertz CT molecular complexity index is 787. The number of fused-ring (bicyclic) bond motifs is 2. The fourth-order valence-electron chi connectivity index (χ4n) is 3.34. The van der Waals surface area contributed by atoms with Gasteiger partial charge < -0.3 is 4.74 Å². The van der Waals surface area contributed by atoms with Crippen LogP contribution in [0.3, 0.4) is 0 Å². The molecule has 0 saturated carbocycles. The number of benzene rings is 2. The summed E-state index contributed by atoms with van der Waals surface area (Å²) in [4.78, 5) is 6.60. The number of hydrogen-bond acceptors (Lipinski definition) is 3. The van der Waals surface area contributed by atoms with Crippen LogP contribution < -0.4 is 4.74 Å². The lowest BCUT2D eigenvalue weighted by atomic mass is 9.93. The fraction of sp³-hybridized carbons (Fsp3) is 0.190. The molecular weight excluding hydrogens is 296 g/mol. The zero-order chi connectivity index (χ0) is 16.4. The first kappa shape index (κ1) is 14.9. The van der Waals surface area contributed by atoms with Gasteiger partial charge in [0, 0.05) is 30.1 Å².